The van der Waals surface area contributed by atoms with Gasteiger partial charge in [-0.2, -0.15) is 0 Å². The van der Waals surface area contributed by atoms with E-state index in [1.54, 1.807) is 0 Å². The number of rotatable bonds is 10. The number of benzene rings is 3. The molecule has 0 bridgehead atoms. The first kappa shape index (κ1) is 40.8. The number of H-pyrrole nitrogens is 2. The van der Waals surface area contributed by atoms with E-state index in [1.165, 1.54) is 14.2 Å². The molecular weight excluding hydrogens is 765 g/mol. The average Bonchev–Trinajstić information content (AvgIpc) is 4.11. The third-order valence-electron chi connectivity index (χ3n) is 12.5. The van der Waals surface area contributed by atoms with Crippen LogP contribution in [0.3, 0.4) is 0 Å². The Morgan fingerprint density at radius 3 is 2.13 bits per heavy atom. The molecule has 1 spiro atoms. The minimum atomic E-state index is -0.737. The highest BCUT2D eigenvalue weighted by atomic mass is 16.5. The molecule has 5 aromatic rings. The zero-order valence-electron chi connectivity index (χ0n) is 35.0. The molecule has 60 heavy (non-hydrogen) atoms. The Morgan fingerprint density at radius 2 is 1.48 bits per heavy atom. The summed E-state index contributed by atoms with van der Waals surface area (Å²) in [5.74, 6) is 0.885. The summed E-state index contributed by atoms with van der Waals surface area (Å²) >= 11 is 0. The largest absolute Gasteiger partial charge is 0.453 e. The maximum Gasteiger partial charge on any atom is 0.407 e. The van der Waals surface area contributed by atoms with E-state index in [-0.39, 0.29) is 41.1 Å². The number of carbonyl (C=O) groups excluding carboxylic acids is 4. The van der Waals surface area contributed by atoms with Crippen LogP contribution in [0, 0.1) is 17.3 Å². The minimum absolute atomic E-state index is 0.115. The van der Waals surface area contributed by atoms with Gasteiger partial charge in [0.25, 0.3) is 0 Å². The van der Waals surface area contributed by atoms with Crippen molar-refractivity contribution in [1.29, 1.82) is 0 Å². The Bertz CT molecular complexity index is 2400. The molecule has 3 fully saturated rings. The van der Waals surface area contributed by atoms with E-state index in [1.807, 2.05) is 49.8 Å². The van der Waals surface area contributed by atoms with E-state index >= 15 is 0 Å². The fourth-order valence-electron chi connectivity index (χ4n) is 9.19. The first-order chi connectivity index (χ1) is 28.9. The number of carbonyl (C=O) groups is 4. The van der Waals surface area contributed by atoms with Gasteiger partial charge >= 0.3 is 12.2 Å². The lowest BCUT2D eigenvalue weighted by molar-refractivity contribution is -0.136. The van der Waals surface area contributed by atoms with E-state index in [0.29, 0.717) is 32.1 Å². The maximum atomic E-state index is 14.1. The maximum absolute atomic E-state index is 14.1. The predicted molar refractivity (Wildman–Crippen MR) is 226 cm³/mol. The smallest absolute Gasteiger partial charge is 0.407 e. The highest BCUT2D eigenvalue weighted by molar-refractivity contribution is 6.05. The van der Waals surface area contributed by atoms with Crippen molar-refractivity contribution in [3.8, 4) is 22.4 Å². The number of nitrogens with one attached hydrogen (secondary N) is 4. The quantitative estimate of drug-likeness (QED) is 0.117. The zero-order valence-corrected chi connectivity index (χ0v) is 35.0. The van der Waals surface area contributed by atoms with Crippen molar-refractivity contribution in [2.75, 3.05) is 40.5 Å². The van der Waals surface area contributed by atoms with E-state index in [4.69, 9.17) is 24.2 Å². The lowest BCUT2D eigenvalue weighted by Crippen LogP contribution is -2.51. The van der Waals surface area contributed by atoms with Crippen LogP contribution < -0.4 is 10.6 Å². The Kier molecular flexibility index (Phi) is 11.3. The zero-order chi connectivity index (χ0) is 42.3. The van der Waals surface area contributed by atoms with Crippen molar-refractivity contribution < 1.29 is 33.4 Å². The van der Waals surface area contributed by atoms with Crippen LogP contribution in [0.4, 0.5) is 9.59 Å². The monoisotopic (exact) mass is 818 g/mol. The lowest BCUT2D eigenvalue weighted by atomic mass is 9.85. The second-order valence-corrected chi connectivity index (χ2v) is 17.2. The first-order valence-electron chi connectivity index (χ1n) is 20.8. The van der Waals surface area contributed by atoms with Crippen molar-refractivity contribution in [2.45, 2.75) is 77.5 Å². The van der Waals surface area contributed by atoms with Crippen molar-refractivity contribution in [2.24, 2.45) is 17.3 Å². The molecule has 3 saturated heterocycles. The number of fused-ring (bicyclic) bond motifs is 3. The molecule has 3 aromatic carbocycles. The van der Waals surface area contributed by atoms with Gasteiger partial charge in [0.15, 0.2) is 0 Å². The highest BCUT2D eigenvalue weighted by Gasteiger charge is 2.51. The van der Waals surface area contributed by atoms with Crippen molar-refractivity contribution in [3.63, 3.8) is 0 Å². The van der Waals surface area contributed by atoms with Crippen LogP contribution >= 0.6 is 0 Å². The van der Waals surface area contributed by atoms with Gasteiger partial charge in [-0.3, -0.25) is 9.59 Å². The standard InChI is InChI=1S/C45H54N8O7/c1-25(2)36(50-43(56)58-5)41(54)52-18-7-8-34(52)40-47-32-16-14-30-20-29(13-15-31(30)38(32)49-40)27-9-11-28(12-10-27)33-22-46-39(48-33)35-21-45(17-19-60-24-45)23-53(35)42(55)37(26(3)4)51-44(57)59-6/h9-16,20,22,25-26,34-37H,7-8,17-19,21,23-24H2,1-6H3,(H,46,48)(H,47,49)(H,50,56)(H,51,57)/t34-,35-,36-,37-,45-/m0/s1. The minimum Gasteiger partial charge on any atom is -0.453 e. The Balaban J connectivity index is 1.00. The van der Waals surface area contributed by atoms with Gasteiger partial charge in [0.2, 0.25) is 11.8 Å². The van der Waals surface area contributed by atoms with Crippen LogP contribution in [-0.4, -0.2) is 106 Å². The number of aromatic amines is 2. The van der Waals surface area contributed by atoms with Gasteiger partial charge < -0.3 is 44.6 Å². The second-order valence-electron chi connectivity index (χ2n) is 17.2. The topological polar surface area (TPSA) is 184 Å². The Labute approximate surface area is 348 Å². The van der Waals surface area contributed by atoms with Crippen LogP contribution in [0.2, 0.25) is 0 Å². The van der Waals surface area contributed by atoms with Crippen LogP contribution in [0.25, 0.3) is 44.2 Å². The lowest BCUT2D eigenvalue weighted by Gasteiger charge is -2.30. The average molecular weight is 819 g/mol. The third kappa shape index (κ3) is 7.78. The summed E-state index contributed by atoms with van der Waals surface area (Å²) in [5.41, 5.74) is 5.51. The molecule has 4 amide bonds. The molecule has 5 heterocycles. The van der Waals surface area contributed by atoms with Gasteiger partial charge in [-0.1, -0.05) is 70.2 Å². The number of hydrogen-bond donors (Lipinski definition) is 4. The van der Waals surface area contributed by atoms with Crippen molar-refractivity contribution in [3.05, 3.63) is 72.4 Å². The molecule has 15 nitrogen and oxygen atoms in total. The van der Waals surface area contributed by atoms with Gasteiger partial charge in [0.05, 0.1) is 55.8 Å². The number of amides is 4. The molecule has 0 saturated carbocycles. The van der Waals surface area contributed by atoms with Gasteiger partial charge in [-0.05, 0) is 71.7 Å². The van der Waals surface area contributed by atoms with Crippen LogP contribution in [-0.2, 0) is 23.8 Å². The summed E-state index contributed by atoms with van der Waals surface area (Å²) < 4.78 is 15.4. The molecule has 0 unspecified atom stereocenters. The molecular formula is C45H54N8O7. The molecule has 2 aromatic heterocycles. The highest BCUT2D eigenvalue weighted by Crippen LogP contribution is 2.48. The summed E-state index contributed by atoms with van der Waals surface area (Å²) in [7, 11) is 2.59. The SMILES string of the molecule is COC(=O)N[C@H](C(=O)N1C[C@]2(CCOC2)C[C@H]1c1ncc(-c2ccc(-c3ccc4c(ccc5[nH]c([C@@H]6CCCN6C(=O)[C@@H](NC(=O)OC)C(C)C)nc54)c3)cc2)[nH]1)C(C)C. The van der Waals surface area contributed by atoms with Crippen molar-refractivity contribution in [1.82, 2.24) is 40.4 Å². The molecule has 316 valence electrons. The van der Waals surface area contributed by atoms with E-state index < -0.39 is 24.3 Å². The molecule has 4 N–H and O–H groups in total. The molecule has 0 radical (unpaired) electrons. The normalized spacial score (nSPS) is 21.3. The molecule has 3 aliphatic heterocycles. The summed E-state index contributed by atoms with van der Waals surface area (Å²) in [6, 6.07) is 16.8. The van der Waals surface area contributed by atoms with Gasteiger partial charge in [-0.25, -0.2) is 19.6 Å². The fraction of sp³-hybridized carbons (Fsp3) is 0.467. The molecule has 3 aliphatic rings. The molecule has 0 aliphatic carbocycles. The summed E-state index contributed by atoms with van der Waals surface area (Å²) in [4.78, 5) is 72.6. The van der Waals surface area contributed by atoms with Gasteiger partial charge in [0.1, 0.15) is 23.7 Å². The molecule has 8 rings (SSSR count). The van der Waals surface area contributed by atoms with Crippen LogP contribution in [0.5, 0.6) is 0 Å². The molecule has 15 heteroatoms. The predicted octanol–water partition coefficient (Wildman–Crippen LogP) is 6.88. The number of hydrogen-bond acceptors (Lipinski definition) is 9. The summed E-state index contributed by atoms with van der Waals surface area (Å²) in [6.45, 7) is 9.99. The third-order valence-corrected chi connectivity index (χ3v) is 12.5. The van der Waals surface area contributed by atoms with Crippen LogP contribution in [0.1, 0.15) is 77.1 Å². The second kappa shape index (κ2) is 16.6. The number of methoxy groups -OCH3 is 2. The Hall–Kier alpha value is -5.96. The first-order valence-corrected chi connectivity index (χ1v) is 20.8. The van der Waals surface area contributed by atoms with E-state index in [2.05, 4.69) is 69.1 Å². The van der Waals surface area contributed by atoms with Crippen molar-refractivity contribution >= 4 is 45.8 Å². The van der Waals surface area contributed by atoms with E-state index in [9.17, 15) is 19.2 Å². The van der Waals surface area contributed by atoms with Crippen LogP contribution in [0.15, 0.2) is 60.8 Å². The number of nitrogens with zero attached hydrogens (tertiary/aromatic N) is 4. The number of alkyl carbamates (subject to hydrolysis) is 2. The Morgan fingerprint density at radius 1 is 0.817 bits per heavy atom. The number of ether oxygens (including phenoxy) is 3. The number of aromatic nitrogens is 4. The number of likely N-dealkylation sites (tertiary alicyclic amines) is 2. The molecule has 5 atom stereocenters. The number of imidazole rings is 2. The fourth-order valence-corrected chi connectivity index (χ4v) is 9.19. The van der Waals surface area contributed by atoms with Gasteiger partial charge in [-0.15, -0.1) is 0 Å². The van der Waals surface area contributed by atoms with Gasteiger partial charge in [0, 0.05) is 30.5 Å². The summed E-state index contributed by atoms with van der Waals surface area (Å²) in [6.07, 6.45) is 3.75. The van der Waals surface area contributed by atoms with E-state index in [0.717, 1.165) is 75.7 Å². The summed E-state index contributed by atoms with van der Waals surface area (Å²) in [5, 5.41) is 7.52.